The second-order valence-corrected chi connectivity index (χ2v) is 6.11. The number of nitrogens with zero attached hydrogens (tertiary/aromatic N) is 1. The third-order valence-corrected chi connectivity index (χ3v) is 4.21. The number of rotatable bonds is 2. The number of pyridine rings is 1. The Morgan fingerprint density at radius 2 is 2.04 bits per heavy atom. The molecule has 2 N–H and O–H groups in total. The molecule has 4 rings (SSSR count). The summed E-state index contributed by atoms with van der Waals surface area (Å²) in [6.45, 7) is 0. The minimum Gasteiger partial charge on any atom is -0.436 e. The minimum absolute atomic E-state index is 0.0103. The summed E-state index contributed by atoms with van der Waals surface area (Å²) in [4.78, 5) is 28.9. The Bertz CT molecular complexity index is 1090. The number of anilines is 2. The first-order chi connectivity index (χ1) is 13.0. The van der Waals surface area contributed by atoms with Crippen LogP contribution >= 0.6 is 11.6 Å². The summed E-state index contributed by atoms with van der Waals surface area (Å²) in [5, 5.41) is 5.41. The molecule has 27 heavy (non-hydrogen) atoms. The zero-order valence-electron chi connectivity index (χ0n) is 13.6. The molecular formula is C19H11ClFN3O3. The number of benzene rings is 2. The van der Waals surface area contributed by atoms with Gasteiger partial charge in [0.2, 0.25) is 5.88 Å². The van der Waals surface area contributed by atoms with Gasteiger partial charge in [0, 0.05) is 11.9 Å². The highest BCUT2D eigenvalue weighted by atomic mass is 35.5. The van der Waals surface area contributed by atoms with Crippen LogP contribution in [0.15, 0.2) is 54.7 Å². The monoisotopic (exact) mass is 383 g/mol. The van der Waals surface area contributed by atoms with Gasteiger partial charge in [-0.3, -0.25) is 9.59 Å². The number of hydrogen-bond acceptors (Lipinski definition) is 4. The first-order valence-electron chi connectivity index (χ1n) is 7.86. The quantitative estimate of drug-likeness (QED) is 0.683. The summed E-state index contributed by atoms with van der Waals surface area (Å²) < 4.78 is 19.1. The van der Waals surface area contributed by atoms with Crippen LogP contribution < -0.4 is 15.4 Å². The standard InChI is InChI=1S/C19H11ClFN3O3/c20-14-5-3-10(21)8-12(14)17(25)23-11-4-6-16-13(9-11)18(26)24-15-2-1-7-22-19(15)27-16/h1-9H,(H,23,25)(H,24,26). The number of hydrogen-bond donors (Lipinski definition) is 2. The molecule has 8 heteroatoms. The van der Waals surface area contributed by atoms with Gasteiger partial charge < -0.3 is 15.4 Å². The van der Waals surface area contributed by atoms with Crippen LogP contribution in [0, 0.1) is 5.82 Å². The van der Waals surface area contributed by atoms with Crippen molar-refractivity contribution in [3.63, 3.8) is 0 Å². The lowest BCUT2D eigenvalue weighted by Crippen LogP contribution is -2.14. The molecule has 0 saturated carbocycles. The van der Waals surface area contributed by atoms with Gasteiger partial charge in [0.05, 0.1) is 16.1 Å². The summed E-state index contributed by atoms with van der Waals surface area (Å²) in [6.07, 6.45) is 1.55. The van der Waals surface area contributed by atoms with Crippen LogP contribution in [-0.4, -0.2) is 16.8 Å². The lowest BCUT2D eigenvalue weighted by Gasteiger charge is -2.10. The third kappa shape index (κ3) is 3.32. The molecule has 1 aromatic heterocycles. The first kappa shape index (κ1) is 17.0. The Kier molecular flexibility index (Phi) is 4.21. The van der Waals surface area contributed by atoms with E-state index in [9.17, 15) is 14.0 Å². The highest BCUT2D eigenvalue weighted by Gasteiger charge is 2.22. The van der Waals surface area contributed by atoms with Crippen molar-refractivity contribution in [2.24, 2.45) is 0 Å². The number of nitrogens with one attached hydrogen (secondary N) is 2. The maximum Gasteiger partial charge on any atom is 0.259 e. The molecular weight excluding hydrogens is 373 g/mol. The van der Waals surface area contributed by atoms with Crippen molar-refractivity contribution < 1.29 is 18.7 Å². The average molecular weight is 384 g/mol. The molecule has 134 valence electrons. The van der Waals surface area contributed by atoms with Gasteiger partial charge in [0.1, 0.15) is 17.3 Å². The zero-order chi connectivity index (χ0) is 19.0. The van der Waals surface area contributed by atoms with Gasteiger partial charge in [-0.05, 0) is 48.5 Å². The third-order valence-electron chi connectivity index (χ3n) is 3.88. The van der Waals surface area contributed by atoms with E-state index in [0.29, 0.717) is 17.1 Å². The second kappa shape index (κ2) is 6.69. The maximum atomic E-state index is 13.4. The van der Waals surface area contributed by atoms with Gasteiger partial charge in [-0.1, -0.05) is 11.6 Å². The van der Waals surface area contributed by atoms with Crippen LogP contribution in [0.5, 0.6) is 11.6 Å². The smallest absolute Gasteiger partial charge is 0.259 e. The van der Waals surface area contributed by atoms with Crippen molar-refractivity contribution >= 4 is 34.8 Å². The SMILES string of the molecule is O=C(Nc1ccc2c(c1)C(=O)Nc1cccnc1O2)c1cc(F)ccc1Cl. The summed E-state index contributed by atoms with van der Waals surface area (Å²) in [7, 11) is 0. The molecule has 1 aliphatic rings. The van der Waals surface area contributed by atoms with Crippen molar-refractivity contribution in [2.75, 3.05) is 10.6 Å². The molecule has 2 aromatic carbocycles. The average Bonchev–Trinajstić information content (AvgIpc) is 2.79. The van der Waals surface area contributed by atoms with E-state index in [1.54, 1.807) is 30.5 Å². The van der Waals surface area contributed by atoms with Crippen LogP contribution in [0.4, 0.5) is 15.8 Å². The highest BCUT2D eigenvalue weighted by molar-refractivity contribution is 6.34. The van der Waals surface area contributed by atoms with E-state index in [-0.39, 0.29) is 22.0 Å². The van der Waals surface area contributed by atoms with Gasteiger partial charge in [-0.2, -0.15) is 0 Å². The Balaban J connectivity index is 1.64. The summed E-state index contributed by atoms with van der Waals surface area (Å²) in [5.74, 6) is -1.01. The lowest BCUT2D eigenvalue weighted by molar-refractivity contribution is 0.101. The van der Waals surface area contributed by atoms with E-state index in [1.165, 1.54) is 12.1 Å². The van der Waals surface area contributed by atoms with Crippen LogP contribution in [0.1, 0.15) is 20.7 Å². The number of ether oxygens (including phenoxy) is 1. The predicted octanol–water partition coefficient (Wildman–Crippen LogP) is 4.48. The summed E-state index contributed by atoms with van der Waals surface area (Å²) in [6, 6.07) is 11.4. The van der Waals surface area contributed by atoms with E-state index in [1.807, 2.05) is 0 Å². The van der Waals surface area contributed by atoms with Gasteiger partial charge in [0.15, 0.2) is 0 Å². The normalized spacial score (nSPS) is 12.1. The number of carbonyl (C=O) groups excluding carboxylic acids is 2. The number of amides is 2. The zero-order valence-corrected chi connectivity index (χ0v) is 14.4. The summed E-state index contributed by atoms with van der Waals surface area (Å²) >= 11 is 5.95. The molecule has 0 atom stereocenters. The number of halogens is 2. The van der Waals surface area contributed by atoms with Crippen molar-refractivity contribution in [1.82, 2.24) is 4.98 Å². The fourth-order valence-corrected chi connectivity index (χ4v) is 2.81. The Morgan fingerprint density at radius 3 is 2.89 bits per heavy atom. The number of carbonyl (C=O) groups is 2. The topological polar surface area (TPSA) is 80.3 Å². The molecule has 0 radical (unpaired) electrons. The van der Waals surface area contributed by atoms with Crippen LogP contribution in [0.3, 0.4) is 0 Å². The fraction of sp³-hybridized carbons (Fsp3) is 0. The van der Waals surface area contributed by atoms with Crippen LogP contribution in [-0.2, 0) is 0 Å². The van der Waals surface area contributed by atoms with Crippen molar-refractivity contribution in [3.05, 3.63) is 76.7 Å². The Hall–Kier alpha value is -3.45. The molecule has 6 nitrogen and oxygen atoms in total. The number of fused-ring (bicyclic) bond motifs is 2. The first-order valence-corrected chi connectivity index (χ1v) is 8.24. The van der Waals surface area contributed by atoms with Crippen molar-refractivity contribution in [1.29, 1.82) is 0 Å². The van der Waals surface area contributed by atoms with E-state index < -0.39 is 17.6 Å². The largest absolute Gasteiger partial charge is 0.436 e. The molecule has 1 aliphatic heterocycles. The molecule has 0 fully saturated rings. The second-order valence-electron chi connectivity index (χ2n) is 5.70. The molecule has 2 heterocycles. The number of aromatic nitrogens is 1. The highest BCUT2D eigenvalue weighted by Crippen LogP contribution is 2.35. The Labute approximate surface area is 157 Å². The predicted molar refractivity (Wildman–Crippen MR) is 98.1 cm³/mol. The van der Waals surface area contributed by atoms with E-state index in [0.717, 1.165) is 12.1 Å². The lowest BCUT2D eigenvalue weighted by atomic mass is 10.1. The van der Waals surface area contributed by atoms with Crippen molar-refractivity contribution in [2.45, 2.75) is 0 Å². The minimum atomic E-state index is -0.598. The van der Waals surface area contributed by atoms with Crippen molar-refractivity contribution in [3.8, 4) is 11.6 Å². The molecule has 2 amide bonds. The van der Waals surface area contributed by atoms with E-state index >= 15 is 0 Å². The fourth-order valence-electron chi connectivity index (χ4n) is 2.61. The summed E-state index contributed by atoms with van der Waals surface area (Å²) in [5.41, 5.74) is 0.979. The van der Waals surface area contributed by atoms with Crippen LogP contribution in [0.2, 0.25) is 5.02 Å². The van der Waals surface area contributed by atoms with Gasteiger partial charge in [-0.15, -0.1) is 0 Å². The Morgan fingerprint density at radius 1 is 1.19 bits per heavy atom. The molecule has 3 aromatic rings. The molecule has 0 unspecified atom stereocenters. The van der Waals surface area contributed by atoms with Gasteiger partial charge in [-0.25, -0.2) is 9.37 Å². The molecule has 0 bridgehead atoms. The van der Waals surface area contributed by atoms with Gasteiger partial charge >= 0.3 is 0 Å². The van der Waals surface area contributed by atoms with Gasteiger partial charge in [0.25, 0.3) is 11.8 Å². The molecule has 0 aliphatic carbocycles. The molecule has 0 saturated heterocycles. The van der Waals surface area contributed by atoms with E-state index in [2.05, 4.69) is 15.6 Å². The molecule has 0 spiro atoms. The van der Waals surface area contributed by atoms with E-state index in [4.69, 9.17) is 16.3 Å². The van der Waals surface area contributed by atoms with Crippen LogP contribution in [0.25, 0.3) is 0 Å². The maximum absolute atomic E-state index is 13.4.